The van der Waals surface area contributed by atoms with E-state index >= 15 is 0 Å². The van der Waals surface area contributed by atoms with E-state index in [2.05, 4.69) is 57.2 Å². The molecule has 1 unspecified atom stereocenters. The van der Waals surface area contributed by atoms with Crippen LogP contribution >= 0.6 is 15.9 Å². The highest BCUT2D eigenvalue weighted by Gasteiger charge is 2.16. The number of anilines is 2. The third-order valence-electron chi connectivity index (χ3n) is 4.51. The van der Waals surface area contributed by atoms with Crippen LogP contribution in [0.3, 0.4) is 0 Å². The first-order chi connectivity index (χ1) is 13.0. The molecular weight excluding hydrogens is 410 g/mol. The summed E-state index contributed by atoms with van der Waals surface area (Å²) in [6, 6.07) is 11.2. The summed E-state index contributed by atoms with van der Waals surface area (Å²) in [4.78, 5) is 8.85. The quantitative estimate of drug-likeness (QED) is 0.429. The lowest BCUT2D eigenvalue weighted by molar-refractivity contribution is -0.990. The van der Waals surface area contributed by atoms with Gasteiger partial charge in [-0.3, -0.25) is 4.40 Å². The highest BCUT2D eigenvalue weighted by molar-refractivity contribution is 9.10. The van der Waals surface area contributed by atoms with E-state index in [1.54, 1.807) is 35.1 Å². The molecule has 0 aliphatic carbocycles. The molecule has 2 aromatic carbocycles. The molecular formula is C19H18BrN5O2. The Morgan fingerprint density at radius 2 is 2.07 bits per heavy atom. The third kappa shape index (κ3) is 3.17. The summed E-state index contributed by atoms with van der Waals surface area (Å²) in [7, 11) is 0. The molecule has 0 bridgehead atoms. The van der Waals surface area contributed by atoms with Crippen LogP contribution in [0.4, 0.5) is 17.2 Å². The second-order valence-corrected chi connectivity index (χ2v) is 7.46. The van der Waals surface area contributed by atoms with E-state index in [1.807, 2.05) is 6.07 Å². The lowest BCUT2D eigenvalue weighted by Gasteiger charge is -2.16. The van der Waals surface area contributed by atoms with Crippen LogP contribution in [0.2, 0.25) is 0 Å². The maximum atomic E-state index is 11.6. The molecule has 138 valence electrons. The van der Waals surface area contributed by atoms with E-state index in [0.717, 1.165) is 10.2 Å². The van der Waals surface area contributed by atoms with Crippen LogP contribution in [0.1, 0.15) is 25.3 Å². The summed E-state index contributed by atoms with van der Waals surface area (Å²) in [6.45, 7) is 4.30. The lowest BCUT2D eigenvalue weighted by Crippen LogP contribution is -2.99. The first-order valence-electron chi connectivity index (χ1n) is 8.50. The lowest BCUT2D eigenvalue weighted by atomic mass is 10.0. The van der Waals surface area contributed by atoms with Gasteiger partial charge in [-0.05, 0) is 45.6 Å². The Labute approximate surface area is 163 Å². The van der Waals surface area contributed by atoms with E-state index in [0.29, 0.717) is 28.3 Å². The molecule has 3 N–H and O–H groups in total. The van der Waals surface area contributed by atoms with E-state index in [9.17, 15) is 10.4 Å². The largest absolute Gasteiger partial charge is 0.595 e. The molecule has 0 radical (unpaired) electrons. The van der Waals surface area contributed by atoms with E-state index in [-0.39, 0.29) is 5.69 Å². The maximum absolute atomic E-state index is 11.6. The Hall–Kier alpha value is -2.52. The Morgan fingerprint density at radius 3 is 2.78 bits per heavy atom. The molecule has 2 aromatic heterocycles. The van der Waals surface area contributed by atoms with Crippen molar-refractivity contribution in [2.45, 2.75) is 19.8 Å². The van der Waals surface area contributed by atoms with Gasteiger partial charge in [0.15, 0.2) is 11.5 Å². The Bertz CT molecular complexity index is 1140. The zero-order valence-corrected chi connectivity index (χ0v) is 16.4. The fraction of sp³-hybridized carbons (Fsp3) is 0.158. The Balaban J connectivity index is 1.87. The number of para-hydroxylation sites is 1. The zero-order chi connectivity index (χ0) is 19.1. The van der Waals surface area contributed by atoms with Crippen LogP contribution in [0.25, 0.3) is 16.6 Å². The predicted octanol–water partition coefficient (Wildman–Crippen LogP) is 3.92. The number of nitrogens with zero attached hydrogens (tertiary/aromatic N) is 3. The molecule has 27 heavy (non-hydrogen) atoms. The van der Waals surface area contributed by atoms with E-state index < -0.39 is 5.23 Å². The number of rotatable bonds is 4. The van der Waals surface area contributed by atoms with Crippen molar-refractivity contribution >= 4 is 49.7 Å². The topological polar surface area (TPSA) is 90.0 Å². The van der Waals surface area contributed by atoms with Crippen molar-refractivity contribution in [3.05, 3.63) is 64.2 Å². The molecule has 2 heterocycles. The number of aromatic nitrogens is 3. The molecule has 4 aromatic rings. The minimum absolute atomic E-state index is 0.192. The second kappa shape index (κ2) is 6.90. The summed E-state index contributed by atoms with van der Waals surface area (Å²) >= 11 is 3.62. The van der Waals surface area contributed by atoms with Crippen molar-refractivity contribution in [1.82, 2.24) is 14.4 Å². The van der Waals surface area contributed by atoms with E-state index in [1.165, 1.54) is 5.56 Å². The van der Waals surface area contributed by atoms with Crippen molar-refractivity contribution < 1.29 is 10.4 Å². The van der Waals surface area contributed by atoms with Crippen molar-refractivity contribution in [2.24, 2.45) is 0 Å². The Kier molecular flexibility index (Phi) is 4.56. The van der Waals surface area contributed by atoms with Gasteiger partial charge >= 0.3 is 0 Å². The fourth-order valence-corrected chi connectivity index (χ4v) is 3.58. The second-order valence-electron chi connectivity index (χ2n) is 6.61. The molecule has 1 atom stereocenters. The van der Waals surface area contributed by atoms with Gasteiger partial charge in [0.05, 0.1) is 17.4 Å². The van der Waals surface area contributed by atoms with Crippen LogP contribution in [-0.2, 0) is 0 Å². The number of benzene rings is 2. The fourth-order valence-electron chi connectivity index (χ4n) is 3.08. The Morgan fingerprint density at radius 1 is 1.26 bits per heavy atom. The smallest absolute Gasteiger partial charge is 0.190 e. The van der Waals surface area contributed by atoms with Crippen molar-refractivity contribution in [1.29, 1.82) is 0 Å². The number of fused-ring (bicyclic) bond motifs is 3. The standard InChI is InChI=1S/C19H18BrN5O2/c1-11(2)12-6-7-14(13(20)8-12)22-19-17-9-21-10-24(17)18-15(23-19)4-3-5-16(18)25(26)27/h3-11,25-26H,1-2H3,(H,22,23). The SMILES string of the molecule is CC(C)c1ccc(Nc2nc3cccc([NH+]([O-])O)c3n3cncc23)c(Br)c1. The van der Waals surface area contributed by atoms with Gasteiger partial charge in [-0.15, -0.1) is 0 Å². The molecule has 0 saturated carbocycles. The number of hydrogen-bond donors (Lipinski definition) is 3. The molecule has 4 rings (SSSR count). The molecule has 8 heteroatoms. The van der Waals surface area contributed by atoms with Gasteiger partial charge in [0, 0.05) is 10.5 Å². The molecule has 0 aliphatic heterocycles. The van der Waals surface area contributed by atoms with Crippen LogP contribution in [0.15, 0.2) is 53.4 Å². The molecule has 7 nitrogen and oxygen atoms in total. The monoisotopic (exact) mass is 427 g/mol. The van der Waals surface area contributed by atoms with Crippen LogP contribution < -0.4 is 10.5 Å². The summed E-state index contributed by atoms with van der Waals surface area (Å²) < 4.78 is 2.69. The minimum Gasteiger partial charge on any atom is -0.595 e. The summed E-state index contributed by atoms with van der Waals surface area (Å²) in [5.41, 5.74) is 4.12. The number of nitrogens with one attached hydrogen (secondary N) is 2. The van der Waals surface area contributed by atoms with Gasteiger partial charge < -0.3 is 10.5 Å². The van der Waals surface area contributed by atoms with Crippen molar-refractivity contribution in [3.63, 3.8) is 0 Å². The van der Waals surface area contributed by atoms with Gasteiger partial charge in [0.25, 0.3) is 0 Å². The van der Waals surface area contributed by atoms with Crippen molar-refractivity contribution in [3.8, 4) is 0 Å². The minimum atomic E-state index is -0.995. The highest BCUT2D eigenvalue weighted by Crippen LogP contribution is 2.32. The average Bonchev–Trinajstić information content (AvgIpc) is 3.12. The number of quaternary nitrogens is 1. The summed E-state index contributed by atoms with van der Waals surface area (Å²) in [6.07, 6.45) is 3.28. The first kappa shape index (κ1) is 17.9. The van der Waals surface area contributed by atoms with Gasteiger partial charge in [0.1, 0.15) is 17.4 Å². The van der Waals surface area contributed by atoms with Gasteiger partial charge in [-0.1, -0.05) is 26.0 Å². The normalized spacial score (nSPS) is 12.8. The van der Waals surface area contributed by atoms with Gasteiger partial charge in [0.2, 0.25) is 0 Å². The van der Waals surface area contributed by atoms with E-state index in [4.69, 9.17) is 0 Å². The third-order valence-corrected chi connectivity index (χ3v) is 5.17. The maximum Gasteiger partial charge on any atom is 0.190 e. The van der Waals surface area contributed by atoms with Crippen LogP contribution in [0, 0.1) is 5.21 Å². The molecule has 0 fully saturated rings. The first-order valence-corrected chi connectivity index (χ1v) is 9.29. The summed E-state index contributed by atoms with van der Waals surface area (Å²) in [5.74, 6) is 1.05. The molecule has 0 spiro atoms. The number of halogens is 1. The predicted molar refractivity (Wildman–Crippen MR) is 108 cm³/mol. The zero-order valence-electron chi connectivity index (χ0n) is 14.8. The number of hydrogen-bond acceptors (Lipinski definition) is 5. The van der Waals surface area contributed by atoms with Gasteiger partial charge in [-0.2, -0.15) is 5.23 Å². The van der Waals surface area contributed by atoms with Crippen molar-refractivity contribution in [2.75, 3.05) is 5.32 Å². The number of imidazole rings is 1. The highest BCUT2D eigenvalue weighted by atomic mass is 79.9. The van der Waals surface area contributed by atoms with Crippen LogP contribution in [-0.4, -0.2) is 19.6 Å². The summed E-state index contributed by atoms with van der Waals surface area (Å²) in [5, 5.41) is 23.5. The molecule has 0 saturated heterocycles. The molecule has 0 aliphatic rings. The molecule has 0 amide bonds. The van der Waals surface area contributed by atoms with Crippen LogP contribution in [0.5, 0.6) is 0 Å². The average molecular weight is 428 g/mol. The van der Waals surface area contributed by atoms with Gasteiger partial charge in [-0.25, -0.2) is 15.2 Å².